The third-order valence-electron chi connectivity index (χ3n) is 5.22. The summed E-state index contributed by atoms with van der Waals surface area (Å²) in [6.45, 7) is 8.27. The van der Waals surface area contributed by atoms with Gasteiger partial charge in [0.1, 0.15) is 11.4 Å². The molecular weight excluding hydrogens is 278 g/mol. The van der Waals surface area contributed by atoms with Gasteiger partial charge in [-0.1, -0.05) is 13.8 Å². The van der Waals surface area contributed by atoms with Crippen LogP contribution in [0.3, 0.4) is 0 Å². The SMILES string of the molecule is CC1(C)COc2cnc(C(=O)N[C@@H]3C[C@@H]4CCN(C4)C3)cc21. The van der Waals surface area contributed by atoms with Crippen molar-refractivity contribution in [2.24, 2.45) is 5.92 Å². The predicted molar refractivity (Wildman–Crippen MR) is 83.2 cm³/mol. The predicted octanol–water partition coefficient (Wildman–Crippen LogP) is 1.58. The van der Waals surface area contributed by atoms with Crippen LogP contribution in [0.5, 0.6) is 5.75 Å². The maximum absolute atomic E-state index is 12.5. The average Bonchev–Trinajstić information content (AvgIpc) is 2.98. The number of nitrogens with zero attached hydrogens (tertiary/aromatic N) is 2. The second-order valence-electron chi connectivity index (χ2n) is 7.56. The number of ether oxygens (including phenoxy) is 1. The average molecular weight is 301 g/mol. The zero-order valence-corrected chi connectivity index (χ0v) is 13.3. The van der Waals surface area contributed by atoms with Crippen LogP contribution in [0.1, 0.15) is 42.7 Å². The fraction of sp³-hybridized carbons (Fsp3) is 0.647. The molecule has 0 radical (unpaired) electrons. The van der Waals surface area contributed by atoms with E-state index in [9.17, 15) is 4.79 Å². The number of aromatic nitrogens is 1. The minimum Gasteiger partial charge on any atom is -0.491 e. The van der Waals surface area contributed by atoms with Gasteiger partial charge in [0.25, 0.3) is 5.91 Å². The van der Waals surface area contributed by atoms with Gasteiger partial charge in [0.15, 0.2) is 0 Å². The topological polar surface area (TPSA) is 54.5 Å². The molecule has 5 nitrogen and oxygen atoms in total. The molecule has 4 rings (SSSR count). The summed E-state index contributed by atoms with van der Waals surface area (Å²) >= 11 is 0. The van der Waals surface area contributed by atoms with Crippen LogP contribution in [0.2, 0.25) is 0 Å². The lowest BCUT2D eigenvalue weighted by Gasteiger charge is -2.30. The van der Waals surface area contributed by atoms with E-state index in [0.29, 0.717) is 12.3 Å². The van der Waals surface area contributed by atoms with E-state index in [1.54, 1.807) is 6.20 Å². The number of nitrogens with one attached hydrogen (secondary N) is 1. The van der Waals surface area contributed by atoms with Crippen LogP contribution in [-0.2, 0) is 5.41 Å². The molecule has 4 heterocycles. The summed E-state index contributed by atoms with van der Waals surface area (Å²) in [5.41, 5.74) is 1.54. The largest absolute Gasteiger partial charge is 0.491 e. The Morgan fingerprint density at radius 2 is 2.32 bits per heavy atom. The monoisotopic (exact) mass is 301 g/mol. The van der Waals surface area contributed by atoms with Crippen LogP contribution in [-0.4, -0.2) is 48.1 Å². The number of hydrogen-bond donors (Lipinski definition) is 1. The van der Waals surface area contributed by atoms with Gasteiger partial charge in [-0.2, -0.15) is 0 Å². The van der Waals surface area contributed by atoms with E-state index < -0.39 is 0 Å². The van der Waals surface area contributed by atoms with Gasteiger partial charge in [-0.15, -0.1) is 0 Å². The molecule has 1 N–H and O–H groups in total. The number of carbonyl (C=O) groups excluding carboxylic acids is 1. The molecule has 3 aliphatic heterocycles. The standard InChI is InChI=1S/C17H23N3O2/c1-17(2)10-22-15-7-18-14(6-13(15)17)16(21)19-12-5-11-3-4-20(8-11)9-12/h6-7,11-12H,3-5,8-10H2,1-2H3,(H,19,21)/t11-,12+/m0/s1. The van der Waals surface area contributed by atoms with Crippen molar-refractivity contribution in [2.75, 3.05) is 26.2 Å². The Kier molecular flexibility index (Phi) is 3.15. The molecule has 5 heteroatoms. The van der Waals surface area contributed by atoms with Crippen LogP contribution >= 0.6 is 0 Å². The Morgan fingerprint density at radius 3 is 3.14 bits per heavy atom. The van der Waals surface area contributed by atoms with E-state index in [0.717, 1.165) is 30.2 Å². The van der Waals surface area contributed by atoms with Gasteiger partial charge >= 0.3 is 0 Å². The minimum atomic E-state index is -0.0574. The number of rotatable bonds is 2. The van der Waals surface area contributed by atoms with Crippen molar-refractivity contribution in [2.45, 2.75) is 38.1 Å². The quantitative estimate of drug-likeness (QED) is 0.901. The fourth-order valence-corrected chi connectivity index (χ4v) is 3.97. The van der Waals surface area contributed by atoms with E-state index >= 15 is 0 Å². The highest BCUT2D eigenvalue weighted by Crippen LogP contribution is 2.38. The number of piperidine rings is 1. The Bertz CT molecular complexity index is 602. The molecule has 1 amide bonds. The summed E-state index contributed by atoms with van der Waals surface area (Å²) in [7, 11) is 0. The Labute approximate surface area is 131 Å². The normalized spacial score (nSPS) is 31.5. The summed E-state index contributed by atoms with van der Waals surface area (Å²) in [6, 6.07) is 2.16. The Hall–Kier alpha value is -1.62. The molecule has 3 atom stereocenters. The van der Waals surface area contributed by atoms with Gasteiger partial charge in [0.2, 0.25) is 0 Å². The molecule has 3 aliphatic rings. The van der Waals surface area contributed by atoms with Gasteiger partial charge in [0.05, 0.1) is 12.8 Å². The molecule has 2 saturated heterocycles. The van der Waals surface area contributed by atoms with Crippen LogP contribution in [0.15, 0.2) is 12.3 Å². The number of pyridine rings is 1. The molecule has 0 saturated carbocycles. The van der Waals surface area contributed by atoms with E-state index in [2.05, 4.69) is 29.0 Å². The molecule has 1 aromatic heterocycles. The smallest absolute Gasteiger partial charge is 0.270 e. The molecule has 0 aliphatic carbocycles. The maximum Gasteiger partial charge on any atom is 0.270 e. The first-order chi connectivity index (χ1) is 10.5. The van der Waals surface area contributed by atoms with E-state index in [1.165, 1.54) is 19.5 Å². The number of fused-ring (bicyclic) bond motifs is 3. The van der Waals surface area contributed by atoms with Crippen molar-refractivity contribution in [1.29, 1.82) is 0 Å². The van der Waals surface area contributed by atoms with Gasteiger partial charge in [-0.25, -0.2) is 4.98 Å². The molecule has 0 aromatic carbocycles. The lowest BCUT2D eigenvalue weighted by atomic mass is 9.87. The number of carbonyl (C=O) groups is 1. The van der Waals surface area contributed by atoms with Crippen molar-refractivity contribution < 1.29 is 9.53 Å². The van der Waals surface area contributed by atoms with Crippen molar-refractivity contribution >= 4 is 5.91 Å². The van der Waals surface area contributed by atoms with Gasteiger partial charge in [-0.05, 0) is 31.4 Å². The summed E-state index contributed by atoms with van der Waals surface area (Å²) in [4.78, 5) is 19.3. The van der Waals surface area contributed by atoms with Crippen molar-refractivity contribution in [1.82, 2.24) is 15.2 Å². The van der Waals surface area contributed by atoms with Crippen LogP contribution in [0, 0.1) is 5.92 Å². The Morgan fingerprint density at radius 1 is 1.45 bits per heavy atom. The van der Waals surface area contributed by atoms with E-state index in [4.69, 9.17) is 4.74 Å². The first kappa shape index (κ1) is 14.0. The van der Waals surface area contributed by atoms with Crippen molar-refractivity contribution in [3.05, 3.63) is 23.5 Å². The first-order valence-electron chi connectivity index (χ1n) is 8.18. The van der Waals surface area contributed by atoms with E-state index in [1.807, 2.05) is 6.07 Å². The lowest BCUT2D eigenvalue weighted by molar-refractivity contribution is 0.0904. The molecule has 22 heavy (non-hydrogen) atoms. The summed E-state index contributed by atoms with van der Waals surface area (Å²) in [6.07, 6.45) is 4.06. The number of amides is 1. The minimum absolute atomic E-state index is 0.0526. The molecule has 2 fully saturated rings. The second kappa shape index (κ2) is 4.95. The third-order valence-corrected chi connectivity index (χ3v) is 5.22. The van der Waals surface area contributed by atoms with Crippen LogP contribution in [0.25, 0.3) is 0 Å². The molecular formula is C17H23N3O2. The van der Waals surface area contributed by atoms with Crippen LogP contribution in [0.4, 0.5) is 0 Å². The van der Waals surface area contributed by atoms with E-state index in [-0.39, 0.29) is 17.4 Å². The molecule has 1 aromatic rings. The lowest BCUT2D eigenvalue weighted by Crippen LogP contribution is -2.47. The fourth-order valence-electron chi connectivity index (χ4n) is 3.97. The zero-order chi connectivity index (χ0) is 15.3. The number of hydrogen-bond acceptors (Lipinski definition) is 4. The summed E-state index contributed by atoms with van der Waals surface area (Å²) in [5.74, 6) is 1.50. The highest BCUT2D eigenvalue weighted by Gasteiger charge is 2.35. The summed E-state index contributed by atoms with van der Waals surface area (Å²) < 4.78 is 5.63. The Balaban J connectivity index is 1.49. The molecule has 0 spiro atoms. The zero-order valence-electron chi connectivity index (χ0n) is 13.3. The molecule has 118 valence electrons. The van der Waals surface area contributed by atoms with Gasteiger partial charge in [-0.3, -0.25) is 4.79 Å². The summed E-state index contributed by atoms with van der Waals surface area (Å²) in [5, 5.41) is 3.17. The highest BCUT2D eigenvalue weighted by atomic mass is 16.5. The highest BCUT2D eigenvalue weighted by molar-refractivity contribution is 5.93. The first-order valence-corrected chi connectivity index (χ1v) is 8.18. The van der Waals surface area contributed by atoms with Crippen molar-refractivity contribution in [3.63, 3.8) is 0 Å². The maximum atomic E-state index is 12.5. The molecule has 1 unspecified atom stereocenters. The van der Waals surface area contributed by atoms with Crippen LogP contribution < -0.4 is 10.1 Å². The molecule has 2 bridgehead atoms. The second-order valence-corrected chi connectivity index (χ2v) is 7.56. The van der Waals surface area contributed by atoms with Gasteiger partial charge in [0, 0.05) is 30.1 Å². The van der Waals surface area contributed by atoms with Gasteiger partial charge < -0.3 is 15.0 Å². The third kappa shape index (κ3) is 2.37. The van der Waals surface area contributed by atoms with Crippen molar-refractivity contribution in [3.8, 4) is 5.75 Å².